The second kappa shape index (κ2) is 12.9. The quantitative estimate of drug-likeness (QED) is 0.144. The van der Waals surface area contributed by atoms with Gasteiger partial charge in [-0.25, -0.2) is 0 Å². The summed E-state index contributed by atoms with van der Waals surface area (Å²) in [6.45, 7) is 4.65. The predicted octanol–water partition coefficient (Wildman–Crippen LogP) is 8.69. The summed E-state index contributed by atoms with van der Waals surface area (Å²) in [5.74, 6) is 0. The SMILES string of the molecule is CCCCCCC1=C(c2s[c]([Sn]([CH3])([CH3])[CH3])cc2CCCCCC)S(=[SiH2])[C]([Sn]([CH3])([CH3])[CH3])=C1. The number of allylic oxidation sites excluding steroid dienone is 2. The van der Waals surface area contributed by atoms with Crippen LogP contribution in [0, 0.1) is 0 Å². The first kappa shape index (κ1) is 28.6. The average Bonchev–Trinajstić information content (AvgIpc) is 3.23. The molecule has 0 amide bonds. The van der Waals surface area contributed by atoms with E-state index in [1.54, 1.807) is 23.8 Å². The number of unbranched alkanes of at least 4 members (excludes halogenated alkanes) is 6. The summed E-state index contributed by atoms with van der Waals surface area (Å²) in [5.41, 5.74) is 3.45. The Balaban J connectivity index is 2.46. The van der Waals surface area contributed by atoms with Gasteiger partial charge >= 0.3 is 214 Å². The molecule has 0 aliphatic carbocycles. The van der Waals surface area contributed by atoms with E-state index in [4.69, 9.17) is 0 Å². The van der Waals surface area contributed by atoms with Gasteiger partial charge in [0.2, 0.25) is 0 Å². The van der Waals surface area contributed by atoms with Crippen molar-refractivity contribution in [2.24, 2.45) is 0 Å². The summed E-state index contributed by atoms with van der Waals surface area (Å²) < 4.78 is 3.69. The van der Waals surface area contributed by atoms with Gasteiger partial charge < -0.3 is 0 Å². The van der Waals surface area contributed by atoms with Gasteiger partial charge in [0.1, 0.15) is 0 Å². The van der Waals surface area contributed by atoms with Crippen molar-refractivity contribution in [1.29, 1.82) is 0 Å². The van der Waals surface area contributed by atoms with Gasteiger partial charge in [0.05, 0.1) is 0 Å². The van der Waals surface area contributed by atoms with Crippen LogP contribution in [0.1, 0.15) is 82.1 Å². The topological polar surface area (TPSA) is 0 Å². The summed E-state index contributed by atoms with van der Waals surface area (Å²) in [7, 11) is 2.68. The zero-order valence-corrected chi connectivity index (χ0v) is 30.5. The second-order valence-electron chi connectivity index (χ2n) is 11.3. The van der Waals surface area contributed by atoms with Crippen LogP contribution >= 0.6 is 21.2 Å². The van der Waals surface area contributed by atoms with Gasteiger partial charge in [-0.1, -0.05) is 0 Å². The van der Waals surface area contributed by atoms with E-state index < -0.39 is 36.8 Å². The monoisotopic (exact) mass is 692 g/mol. The molecular weight excluding hydrogens is 642 g/mol. The van der Waals surface area contributed by atoms with Crippen molar-refractivity contribution in [3.8, 4) is 0 Å². The minimum absolute atomic E-state index is 0.357. The van der Waals surface area contributed by atoms with E-state index in [0.29, 0.717) is 9.89 Å². The molecule has 0 aromatic carbocycles. The third-order valence-corrected chi connectivity index (χ3v) is 33.7. The van der Waals surface area contributed by atoms with E-state index in [1.165, 1.54) is 64.2 Å². The van der Waals surface area contributed by atoms with Gasteiger partial charge in [0.25, 0.3) is 0 Å². The van der Waals surface area contributed by atoms with E-state index in [9.17, 15) is 0 Å². The van der Waals surface area contributed by atoms with E-state index in [-0.39, 0.29) is 0 Å². The zero-order valence-electron chi connectivity index (χ0n) is 21.7. The van der Waals surface area contributed by atoms with Crippen molar-refractivity contribution in [3.05, 3.63) is 31.1 Å². The van der Waals surface area contributed by atoms with Crippen molar-refractivity contribution in [2.45, 2.75) is 108 Å². The zero-order chi connectivity index (χ0) is 23.2. The summed E-state index contributed by atoms with van der Waals surface area (Å²) in [6.07, 6.45) is 16.3. The Hall–Kier alpha value is 1.34. The first-order valence-corrected chi connectivity index (χ1v) is 36.6. The van der Waals surface area contributed by atoms with Crippen LogP contribution in [0.2, 0.25) is 29.6 Å². The van der Waals surface area contributed by atoms with E-state index >= 15 is 0 Å². The molecule has 2 rings (SSSR count). The Bertz CT molecular complexity index is 819. The molecule has 0 spiro atoms. The molecule has 1 aliphatic rings. The number of hydrogen-bond donors (Lipinski definition) is 0. The van der Waals surface area contributed by atoms with Crippen LogP contribution in [-0.2, 0) is 6.42 Å². The molecule has 1 atom stereocenters. The van der Waals surface area contributed by atoms with E-state index in [1.807, 2.05) is 2.92 Å². The Morgan fingerprint density at radius 1 is 0.806 bits per heavy atom. The maximum atomic E-state index is 2.73. The molecule has 1 unspecified atom stereocenters. The van der Waals surface area contributed by atoms with Crippen LogP contribution in [0.15, 0.2) is 20.6 Å². The molecule has 1 aliphatic heterocycles. The van der Waals surface area contributed by atoms with Crippen LogP contribution in [0.4, 0.5) is 0 Å². The van der Waals surface area contributed by atoms with Crippen molar-refractivity contribution < 1.29 is 0 Å². The van der Waals surface area contributed by atoms with Crippen LogP contribution in [0.5, 0.6) is 0 Å². The van der Waals surface area contributed by atoms with E-state index in [2.05, 4.69) is 75.9 Å². The minimum atomic E-state index is -2.08. The second-order valence-corrected chi connectivity index (χ2v) is 46.6. The predicted molar refractivity (Wildman–Crippen MR) is 158 cm³/mol. The molecule has 0 saturated carbocycles. The summed E-state index contributed by atoms with van der Waals surface area (Å²) >= 11 is -1.92. The molecule has 0 nitrogen and oxygen atoms in total. The molecule has 31 heavy (non-hydrogen) atoms. The fourth-order valence-corrected chi connectivity index (χ4v) is 32.4. The van der Waals surface area contributed by atoms with Crippen molar-refractivity contribution >= 4 is 74.7 Å². The van der Waals surface area contributed by atoms with Crippen molar-refractivity contribution in [3.63, 3.8) is 0 Å². The summed E-state index contributed by atoms with van der Waals surface area (Å²) in [4.78, 5) is 19.2. The van der Waals surface area contributed by atoms with Gasteiger partial charge in [-0.15, -0.1) is 0 Å². The Morgan fingerprint density at radius 2 is 1.39 bits per heavy atom. The Labute approximate surface area is 211 Å². The third kappa shape index (κ3) is 8.21. The van der Waals surface area contributed by atoms with Gasteiger partial charge in [-0.3, -0.25) is 0 Å². The van der Waals surface area contributed by atoms with Gasteiger partial charge in [0, 0.05) is 0 Å². The third-order valence-electron chi connectivity index (χ3n) is 6.20. The summed E-state index contributed by atoms with van der Waals surface area (Å²) in [5, 5.41) is 0. The summed E-state index contributed by atoms with van der Waals surface area (Å²) in [6, 6.07) is 2.68. The first-order chi connectivity index (χ1) is 14.5. The van der Waals surface area contributed by atoms with Crippen LogP contribution < -0.4 is 2.89 Å². The van der Waals surface area contributed by atoms with Gasteiger partial charge in [-0.05, 0) is 0 Å². The van der Waals surface area contributed by atoms with Crippen molar-refractivity contribution in [1.82, 2.24) is 0 Å². The molecule has 0 radical (unpaired) electrons. The van der Waals surface area contributed by atoms with E-state index in [0.717, 1.165) is 0 Å². The van der Waals surface area contributed by atoms with Gasteiger partial charge in [0.15, 0.2) is 0 Å². The molecule has 0 N–H and O–H groups in total. The van der Waals surface area contributed by atoms with Gasteiger partial charge in [-0.2, -0.15) is 0 Å². The van der Waals surface area contributed by atoms with Crippen molar-refractivity contribution in [2.75, 3.05) is 0 Å². The molecule has 176 valence electrons. The number of rotatable bonds is 13. The van der Waals surface area contributed by atoms with Crippen LogP contribution in [-0.4, -0.2) is 45.7 Å². The molecule has 1 aromatic rings. The molecule has 5 heteroatoms. The normalized spacial score (nSPS) is 17.5. The fourth-order valence-electron chi connectivity index (χ4n) is 4.25. The van der Waals surface area contributed by atoms with Crippen LogP contribution in [0.3, 0.4) is 0 Å². The molecule has 0 bridgehead atoms. The standard InChI is InChI=1S/C20H30S2Si.6CH3.2Sn/c1-3-5-7-9-11-17-13-15-21-19(17)20-18(14-16-22(20)23)12-10-8-6-4-2;;;;;;;;/h13-14H,3-12,23H2,1-2H3;6*1H3;;. The molecule has 0 saturated heterocycles. The molecule has 1 aromatic heterocycles. The van der Waals surface area contributed by atoms with Crippen LogP contribution in [0.25, 0.3) is 4.91 Å². The number of hydrogen-bond acceptors (Lipinski definition) is 1. The number of thiophene rings is 1. The maximum absolute atomic E-state index is 2.73. The molecule has 2 heterocycles. The number of aryl methyl sites for hydroxylation is 1. The Morgan fingerprint density at radius 3 is 1.90 bits per heavy atom. The first-order valence-electron chi connectivity index (χ1n) is 12.6. The fraction of sp³-hybridized carbons (Fsp3) is 0.692. The molecular formula is C26H48S2SiSn2. The molecule has 0 fully saturated rings. The average molecular weight is 690 g/mol. The Kier molecular flexibility index (Phi) is 11.9.